The summed E-state index contributed by atoms with van der Waals surface area (Å²) in [6, 6.07) is 6.83. The molecule has 0 radical (unpaired) electrons. The summed E-state index contributed by atoms with van der Waals surface area (Å²) in [6.07, 6.45) is -5.07. The van der Waals surface area contributed by atoms with E-state index >= 15 is 0 Å². The lowest BCUT2D eigenvalue weighted by Crippen LogP contribution is -2.41. The summed E-state index contributed by atoms with van der Waals surface area (Å²) in [6.45, 7) is 3.17. The molecule has 25 heavy (non-hydrogen) atoms. The van der Waals surface area contributed by atoms with Crippen molar-refractivity contribution in [1.82, 2.24) is 5.32 Å². The summed E-state index contributed by atoms with van der Waals surface area (Å²) in [5.41, 5.74) is 0.235. The van der Waals surface area contributed by atoms with Crippen molar-refractivity contribution in [3.8, 4) is 11.8 Å². The van der Waals surface area contributed by atoms with Crippen LogP contribution in [0.5, 0.6) is 0 Å². The molecule has 0 aliphatic rings. The van der Waals surface area contributed by atoms with E-state index in [0.717, 1.165) is 0 Å². The quantitative estimate of drug-likeness (QED) is 0.684. The van der Waals surface area contributed by atoms with Crippen LogP contribution in [0.2, 0.25) is 0 Å². The van der Waals surface area contributed by atoms with Gasteiger partial charge in [-0.2, -0.15) is 13.2 Å². The number of amides is 1. The van der Waals surface area contributed by atoms with Crippen LogP contribution in [-0.4, -0.2) is 40.5 Å². The van der Waals surface area contributed by atoms with Crippen LogP contribution < -0.4 is 5.32 Å². The number of carbonyl (C=O) groups excluding carboxylic acids is 1. The Kier molecular flexibility index (Phi) is 7.46. The summed E-state index contributed by atoms with van der Waals surface area (Å²) < 4.78 is 36.3. The Morgan fingerprint density at radius 3 is 2.48 bits per heavy atom. The number of halogens is 3. The highest BCUT2D eigenvalue weighted by Gasteiger charge is 2.38. The van der Waals surface area contributed by atoms with E-state index in [-0.39, 0.29) is 6.42 Å². The molecular formula is C18H22F3NO3. The third-order valence-corrected chi connectivity index (χ3v) is 3.76. The topological polar surface area (TPSA) is 69.6 Å². The zero-order valence-electron chi connectivity index (χ0n) is 14.2. The first-order chi connectivity index (χ1) is 11.6. The van der Waals surface area contributed by atoms with Crippen LogP contribution in [-0.2, 0) is 11.2 Å². The standard InChI is InChI=1S/C18H22F3NO3/c1-3-17(25,4-2)9-8-13-6-5-7-14(10-13)11-15(23)12-22-16(24)18(19,20)21/h5-7,10,15,23,25H,3-4,11-12H2,1-2H3,(H,22,24). The lowest BCUT2D eigenvalue weighted by atomic mass is 9.97. The SMILES string of the molecule is CCC(O)(C#Cc1cccc(CC(O)CNC(=O)C(F)(F)F)c1)CC. The molecule has 0 spiro atoms. The van der Waals surface area contributed by atoms with Crippen LogP contribution in [0.4, 0.5) is 13.2 Å². The van der Waals surface area contributed by atoms with Gasteiger partial charge in [0.15, 0.2) is 0 Å². The molecule has 0 heterocycles. The number of benzene rings is 1. The summed E-state index contributed by atoms with van der Waals surface area (Å²) in [5, 5.41) is 21.6. The second kappa shape index (κ2) is 8.88. The minimum Gasteiger partial charge on any atom is -0.391 e. The number of alkyl halides is 3. The predicted molar refractivity (Wildman–Crippen MR) is 87.6 cm³/mol. The van der Waals surface area contributed by atoms with Crippen molar-refractivity contribution in [3.63, 3.8) is 0 Å². The molecule has 1 aromatic carbocycles. The Morgan fingerprint density at radius 2 is 1.92 bits per heavy atom. The van der Waals surface area contributed by atoms with Gasteiger partial charge in [0, 0.05) is 18.5 Å². The third-order valence-electron chi connectivity index (χ3n) is 3.76. The van der Waals surface area contributed by atoms with Crippen LogP contribution in [0.15, 0.2) is 24.3 Å². The summed E-state index contributed by atoms with van der Waals surface area (Å²) in [5.74, 6) is 3.60. The smallest absolute Gasteiger partial charge is 0.391 e. The maximum Gasteiger partial charge on any atom is 0.471 e. The van der Waals surface area contributed by atoms with Gasteiger partial charge in [-0.25, -0.2) is 0 Å². The Morgan fingerprint density at radius 1 is 1.28 bits per heavy atom. The molecule has 3 N–H and O–H groups in total. The molecule has 0 aliphatic heterocycles. The Bertz CT molecular complexity index is 643. The van der Waals surface area contributed by atoms with Crippen LogP contribution in [0, 0.1) is 11.8 Å². The van der Waals surface area contributed by atoms with Gasteiger partial charge in [0.2, 0.25) is 0 Å². The number of nitrogens with one attached hydrogen (secondary N) is 1. The predicted octanol–water partition coefficient (Wildman–Crippen LogP) is 2.17. The lowest BCUT2D eigenvalue weighted by Gasteiger charge is -2.17. The highest BCUT2D eigenvalue weighted by atomic mass is 19.4. The van der Waals surface area contributed by atoms with Crippen molar-refractivity contribution in [2.75, 3.05) is 6.54 Å². The van der Waals surface area contributed by atoms with Gasteiger partial charge in [0.25, 0.3) is 0 Å². The number of hydrogen-bond donors (Lipinski definition) is 3. The molecule has 7 heteroatoms. The molecule has 0 saturated heterocycles. The molecule has 0 saturated carbocycles. The fourth-order valence-corrected chi connectivity index (χ4v) is 2.05. The van der Waals surface area contributed by atoms with Crippen molar-refractivity contribution in [2.45, 2.75) is 51.0 Å². The molecule has 0 aromatic heterocycles. The van der Waals surface area contributed by atoms with Gasteiger partial charge in [0.05, 0.1) is 6.10 Å². The average Bonchev–Trinajstić information content (AvgIpc) is 2.57. The maximum atomic E-state index is 12.1. The van der Waals surface area contributed by atoms with E-state index in [9.17, 15) is 28.2 Å². The first kappa shape index (κ1) is 21.0. The molecule has 138 valence electrons. The van der Waals surface area contributed by atoms with Crippen molar-refractivity contribution < 1.29 is 28.2 Å². The molecular weight excluding hydrogens is 335 g/mol. The first-order valence-corrected chi connectivity index (χ1v) is 7.97. The second-order valence-electron chi connectivity index (χ2n) is 5.75. The number of carbonyl (C=O) groups is 1. The number of rotatable bonds is 6. The van der Waals surface area contributed by atoms with Gasteiger partial charge >= 0.3 is 12.1 Å². The largest absolute Gasteiger partial charge is 0.471 e. The van der Waals surface area contributed by atoms with Gasteiger partial charge in [-0.3, -0.25) is 4.79 Å². The molecule has 0 bridgehead atoms. The van der Waals surface area contributed by atoms with Gasteiger partial charge in [-0.1, -0.05) is 37.8 Å². The van der Waals surface area contributed by atoms with Gasteiger partial charge < -0.3 is 15.5 Å². The van der Waals surface area contributed by atoms with Crippen molar-refractivity contribution in [1.29, 1.82) is 0 Å². The first-order valence-electron chi connectivity index (χ1n) is 7.97. The summed E-state index contributed by atoms with van der Waals surface area (Å²) >= 11 is 0. The van der Waals surface area contributed by atoms with E-state index in [0.29, 0.717) is 24.0 Å². The zero-order valence-corrected chi connectivity index (χ0v) is 14.2. The van der Waals surface area contributed by atoms with Crippen LogP contribution >= 0.6 is 0 Å². The van der Waals surface area contributed by atoms with E-state index in [1.807, 2.05) is 13.8 Å². The number of aliphatic hydroxyl groups excluding tert-OH is 1. The molecule has 1 amide bonds. The van der Waals surface area contributed by atoms with Crippen LogP contribution in [0.3, 0.4) is 0 Å². The van der Waals surface area contributed by atoms with Gasteiger partial charge in [0.1, 0.15) is 5.60 Å². The van der Waals surface area contributed by atoms with E-state index in [4.69, 9.17) is 0 Å². The van der Waals surface area contributed by atoms with Gasteiger partial charge in [-0.05, 0) is 30.5 Å². The number of hydrogen-bond acceptors (Lipinski definition) is 3. The summed E-state index contributed by atoms with van der Waals surface area (Å²) in [4.78, 5) is 10.7. The lowest BCUT2D eigenvalue weighted by molar-refractivity contribution is -0.173. The van der Waals surface area contributed by atoms with Crippen LogP contribution in [0.1, 0.15) is 37.8 Å². The highest BCUT2D eigenvalue weighted by Crippen LogP contribution is 2.15. The van der Waals surface area contributed by atoms with E-state index < -0.39 is 30.3 Å². The average molecular weight is 357 g/mol. The fourth-order valence-electron chi connectivity index (χ4n) is 2.05. The third kappa shape index (κ3) is 7.16. The molecule has 0 fully saturated rings. The highest BCUT2D eigenvalue weighted by molar-refractivity contribution is 5.81. The Hall–Kier alpha value is -2.04. The maximum absolute atomic E-state index is 12.1. The molecule has 1 rings (SSSR count). The second-order valence-corrected chi connectivity index (χ2v) is 5.75. The monoisotopic (exact) mass is 357 g/mol. The minimum atomic E-state index is -4.97. The number of aliphatic hydroxyl groups is 2. The Labute approximate surface area is 145 Å². The van der Waals surface area contributed by atoms with Crippen molar-refractivity contribution >= 4 is 5.91 Å². The van der Waals surface area contributed by atoms with Gasteiger partial charge in [-0.15, -0.1) is 0 Å². The van der Waals surface area contributed by atoms with Crippen molar-refractivity contribution in [3.05, 3.63) is 35.4 Å². The van der Waals surface area contributed by atoms with Crippen LogP contribution in [0.25, 0.3) is 0 Å². The molecule has 0 aliphatic carbocycles. The van der Waals surface area contributed by atoms with E-state index in [1.54, 1.807) is 29.6 Å². The fraction of sp³-hybridized carbons (Fsp3) is 0.500. The minimum absolute atomic E-state index is 0.0689. The molecule has 1 aromatic rings. The molecule has 4 nitrogen and oxygen atoms in total. The Balaban J connectivity index is 2.70. The normalized spacial score (nSPS) is 12.9. The molecule has 1 atom stereocenters. The zero-order chi connectivity index (χ0) is 19.1. The van der Waals surface area contributed by atoms with E-state index in [2.05, 4.69) is 11.8 Å². The molecule has 1 unspecified atom stereocenters. The van der Waals surface area contributed by atoms with E-state index in [1.165, 1.54) is 0 Å². The summed E-state index contributed by atoms with van der Waals surface area (Å²) in [7, 11) is 0. The van der Waals surface area contributed by atoms with Crippen molar-refractivity contribution in [2.24, 2.45) is 0 Å².